The number of nitrogens with two attached hydrogens (primary N) is 1. The highest BCUT2D eigenvalue weighted by atomic mass is 32.2. The summed E-state index contributed by atoms with van der Waals surface area (Å²) in [6.45, 7) is 7.24. The number of nitrogens with zero attached hydrogens (tertiary/aromatic N) is 1. The Hall–Kier alpha value is -0.910. The summed E-state index contributed by atoms with van der Waals surface area (Å²) in [5, 5.41) is 0. The molecule has 2 N–H and O–H groups in total. The van der Waals surface area contributed by atoms with E-state index >= 15 is 0 Å². The topological polar surface area (TPSA) is 47.7 Å². The van der Waals surface area contributed by atoms with E-state index in [1.54, 1.807) is 14.2 Å². The van der Waals surface area contributed by atoms with E-state index in [1.165, 1.54) is 0 Å². The highest BCUT2D eigenvalue weighted by Crippen LogP contribution is 2.39. The molecule has 0 spiro atoms. The second-order valence-electron chi connectivity index (χ2n) is 5.91. The number of thioether (sulfide) groups is 1. The molecule has 0 aliphatic carbocycles. The van der Waals surface area contributed by atoms with Crippen molar-refractivity contribution in [1.82, 2.24) is 4.90 Å². The molecule has 1 aliphatic rings. The summed E-state index contributed by atoms with van der Waals surface area (Å²) < 4.78 is 11.3. The number of para-hydroxylation sites is 1. The van der Waals surface area contributed by atoms with Crippen LogP contribution in [0, 0.1) is 0 Å². The van der Waals surface area contributed by atoms with Crippen molar-refractivity contribution in [3.05, 3.63) is 23.8 Å². The van der Waals surface area contributed by atoms with Crippen LogP contribution in [0.1, 0.15) is 25.5 Å². The Balaban J connectivity index is 2.33. The van der Waals surface area contributed by atoms with Crippen molar-refractivity contribution in [2.45, 2.75) is 24.6 Å². The van der Waals surface area contributed by atoms with Crippen molar-refractivity contribution >= 4 is 11.8 Å². The van der Waals surface area contributed by atoms with Crippen LogP contribution in [0.25, 0.3) is 0 Å². The van der Waals surface area contributed by atoms with Crippen molar-refractivity contribution in [3.8, 4) is 11.5 Å². The maximum atomic E-state index is 6.09. The number of benzene rings is 1. The molecule has 4 nitrogen and oxygen atoms in total. The van der Waals surface area contributed by atoms with E-state index in [4.69, 9.17) is 15.2 Å². The first-order valence-corrected chi connectivity index (χ1v) is 8.30. The van der Waals surface area contributed by atoms with Gasteiger partial charge in [0.05, 0.1) is 20.3 Å². The van der Waals surface area contributed by atoms with Crippen LogP contribution in [0.15, 0.2) is 18.2 Å². The molecule has 0 amide bonds. The number of rotatable bonds is 5. The predicted octanol–water partition coefficient (Wildman–Crippen LogP) is 2.53. The molecule has 1 atom stereocenters. The molecule has 0 aromatic heterocycles. The van der Waals surface area contributed by atoms with E-state index < -0.39 is 0 Å². The molecule has 118 valence electrons. The fourth-order valence-corrected chi connectivity index (χ4v) is 4.10. The van der Waals surface area contributed by atoms with Crippen LogP contribution in [-0.2, 0) is 0 Å². The maximum Gasteiger partial charge on any atom is 0.165 e. The molecule has 0 radical (unpaired) electrons. The van der Waals surface area contributed by atoms with Crippen molar-refractivity contribution < 1.29 is 9.47 Å². The van der Waals surface area contributed by atoms with Crippen LogP contribution in [0.2, 0.25) is 0 Å². The molecule has 5 heteroatoms. The minimum atomic E-state index is 0.162. The van der Waals surface area contributed by atoms with E-state index in [0.717, 1.165) is 35.9 Å². The molecule has 1 aromatic carbocycles. The fraction of sp³-hybridized carbons (Fsp3) is 0.625. The summed E-state index contributed by atoms with van der Waals surface area (Å²) in [6.07, 6.45) is 0. The maximum absolute atomic E-state index is 6.09. The Kier molecular flexibility index (Phi) is 5.41. The minimum Gasteiger partial charge on any atom is -0.493 e. The lowest BCUT2D eigenvalue weighted by molar-refractivity contribution is 0.188. The normalized spacial score (nSPS) is 20.0. The lowest BCUT2D eigenvalue weighted by Gasteiger charge is -2.42. The number of hydrogen-bond acceptors (Lipinski definition) is 5. The van der Waals surface area contributed by atoms with Crippen LogP contribution < -0.4 is 15.2 Å². The third-order valence-corrected chi connectivity index (χ3v) is 5.21. The van der Waals surface area contributed by atoms with Gasteiger partial charge in [0.1, 0.15) is 0 Å². The van der Waals surface area contributed by atoms with Gasteiger partial charge in [-0.2, -0.15) is 11.8 Å². The quantitative estimate of drug-likeness (QED) is 0.905. The van der Waals surface area contributed by atoms with E-state index in [-0.39, 0.29) is 10.8 Å². The first-order valence-electron chi connectivity index (χ1n) is 7.31. The average Bonchev–Trinajstić information content (AvgIpc) is 2.46. The van der Waals surface area contributed by atoms with Crippen molar-refractivity contribution in [3.63, 3.8) is 0 Å². The zero-order valence-electron chi connectivity index (χ0n) is 13.4. The second kappa shape index (κ2) is 6.90. The molecule has 1 aromatic rings. The Morgan fingerprint density at radius 3 is 2.67 bits per heavy atom. The van der Waals surface area contributed by atoms with Crippen molar-refractivity contribution in [1.29, 1.82) is 0 Å². The molecule has 1 aliphatic heterocycles. The summed E-state index contributed by atoms with van der Waals surface area (Å²) in [7, 11) is 3.35. The van der Waals surface area contributed by atoms with Crippen molar-refractivity contribution in [2.24, 2.45) is 5.73 Å². The van der Waals surface area contributed by atoms with E-state index in [9.17, 15) is 0 Å². The largest absolute Gasteiger partial charge is 0.493 e. The van der Waals surface area contributed by atoms with Gasteiger partial charge in [-0.05, 0) is 19.9 Å². The molecule has 0 saturated carbocycles. The molecule has 21 heavy (non-hydrogen) atoms. The Morgan fingerprint density at radius 1 is 1.33 bits per heavy atom. The monoisotopic (exact) mass is 310 g/mol. The van der Waals surface area contributed by atoms with E-state index in [0.29, 0.717) is 6.54 Å². The SMILES string of the molecule is COc1cccc(C(CN)N2CCSC(C)(C)C2)c1OC. The van der Waals surface area contributed by atoms with Gasteiger partial charge >= 0.3 is 0 Å². The van der Waals surface area contributed by atoms with Crippen molar-refractivity contribution in [2.75, 3.05) is 39.6 Å². The van der Waals surface area contributed by atoms with Gasteiger partial charge in [0.15, 0.2) is 11.5 Å². The molecule has 1 unspecified atom stereocenters. The lowest BCUT2D eigenvalue weighted by Crippen LogP contribution is -2.46. The molecule has 1 fully saturated rings. The highest BCUT2D eigenvalue weighted by Gasteiger charge is 2.32. The molecule has 2 rings (SSSR count). The summed E-state index contributed by atoms with van der Waals surface area (Å²) in [4.78, 5) is 2.47. The van der Waals surface area contributed by atoms with Crippen LogP contribution in [0.3, 0.4) is 0 Å². The van der Waals surface area contributed by atoms with Gasteiger partial charge in [0.2, 0.25) is 0 Å². The van der Waals surface area contributed by atoms with Gasteiger partial charge in [-0.25, -0.2) is 0 Å². The zero-order chi connectivity index (χ0) is 15.5. The van der Waals surface area contributed by atoms with Gasteiger partial charge in [0.25, 0.3) is 0 Å². The Morgan fingerprint density at radius 2 is 2.10 bits per heavy atom. The number of ether oxygens (including phenoxy) is 2. The van der Waals surface area contributed by atoms with E-state index in [1.807, 2.05) is 23.9 Å². The van der Waals surface area contributed by atoms with Gasteiger partial charge < -0.3 is 15.2 Å². The molecular weight excluding hydrogens is 284 g/mol. The summed E-state index contributed by atoms with van der Waals surface area (Å²) in [6, 6.07) is 6.18. The van der Waals surface area contributed by atoms with Crippen LogP contribution in [0.4, 0.5) is 0 Å². The van der Waals surface area contributed by atoms with Crippen LogP contribution >= 0.6 is 11.8 Å². The fourth-order valence-electron chi connectivity index (χ4n) is 2.97. The van der Waals surface area contributed by atoms with Gasteiger partial charge in [-0.1, -0.05) is 12.1 Å². The smallest absolute Gasteiger partial charge is 0.165 e. The zero-order valence-corrected chi connectivity index (χ0v) is 14.2. The standard InChI is InChI=1S/C16H26N2O2S/c1-16(2)11-18(8-9-21-16)13(10-17)12-6-5-7-14(19-3)15(12)20-4/h5-7,13H,8-11,17H2,1-4H3. The summed E-state index contributed by atoms with van der Waals surface area (Å²) >= 11 is 2.03. The average molecular weight is 310 g/mol. The highest BCUT2D eigenvalue weighted by molar-refractivity contribution is 8.00. The van der Waals surface area contributed by atoms with Gasteiger partial charge in [0, 0.05) is 35.7 Å². The lowest BCUT2D eigenvalue weighted by atomic mass is 10.0. The Bertz CT molecular complexity index is 479. The minimum absolute atomic E-state index is 0.162. The van der Waals surface area contributed by atoms with Crippen LogP contribution in [-0.4, -0.2) is 49.3 Å². The van der Waals surface area contributed by atoms with E-state index in [2.05, 4.69) is 24.8 Å². The molecule has 1 saturated heterocycles. The van der Waals surface area contributed by atoms with Gasteiger partial charge in [-0.3, -0.25) is 4.90 Å². The number of hydrogen-bond donors (Lipinski definition) is 1. The third-order valence-electron chi connectivity index (χ3n) is 3.91. The first-order chi connectivity index (χ1) is 10.0. The molecular formula is C16H26N2O2S. The molecule has 1 heterocycles. The predicted molar refractivity (Wildman–Crippen MR) is 89.5 cm³/mol. The van der Waals surface area contributed by atoms with Crippen LogP contribution in [0.5, 0.6) is 11.5 Å². The number of methoxy groups -OCH3 is 2. The summed E-state index contributed by atoms with van der Waals surface area (Å²) in [5.74, 6) is 2.70. The second-order valence-corrected chi connectivity index (χ2v) is 7.71. The van der Waals surface area contributed by atoms with Gasteiger partial charge in [-0.15, -0.1) is 0 Å². The summed E-state index contributed by atoms with van der Waals surface area (Å²) in [5.41, 5.74) is 7.21. The first kappa shape index (κ1) is 16.5. The Labute approximate surface area is 132 Å². The third kappa shape index (κ3) is 3.65. The molecule has 0 bridgehead atoms.